The first-order valence-electron chi connectivity index (χ1n) is 4.77. The van der Waals surface area contributed by atoms with E-state index in [1.54, 1.807) is 12.1 Å². The van der Waals surface area contributed by atoms with E-state index in [0.29, 0.717) is 14.9 Å². The van der Waals surface area contributed by atoms with Crippen molar-refractivity contribution in [1.29, 1.82) is 0 Å². The molecular weight excluding hydrogens is 371 g/mol. The molecule has 0 spiro atoms. The van der Waals surface area contributed by atoms with Crippen molar-refractivity contribution in [2.45, 2.75) is 6.42 Å². The third-order valence-electron chi connectivity index (χ3n) is 2.13. The van der Waals surface area contributed by atoms with Gasteiger partial charge in [-0.1, -0.05) is 15.9 Å². The number of ketones is 1. The SMILES string of the molecule is O=C(Cc1cc(F)cc(Br)c1)c1cc(Br)cs1. The van der Waals surface area contributed by atoms with Gasteiger partial charge in [-0.25, -0.2) is 4.39 Å². The Labute approximate surface area is 119 Å². The summed E-state index contributed by atoms with van der Waals surface area (Å²) in [5.41, 5.74) is 0.673. The van der Waals surface area contributed by atoms with E-state index in [-0.39, 0.29) is 18.0 Å². The van der Waals surface area contributed by atoms with Crippen molar-refractivity contribution >= 4 is 49.0 Å². The van der Waals surface area contributed by atoms with E-state index in [0.717, 1.165) is 4.47 Å². The molecule has 2 aromatic rings. The number of hydrogen-bond donors (Lipinski definition) is 0. The third kappa shape index (κ3) is 3.47. The number of halogens is 3. The largest absolute Gasteiger partial charge is 0.293 e. The fourth-order valence-corrected chi connectivity index (χ4v) is 3.32. The Kier molecular flexibility index (Phi) is 4.12. The Bertz CT molecular complexity index is 545. The molecule has 0 amide bonds. The Morgan fingerprint density at radius 3 is 2.53 bits per heavy atom. The number of carbonyl (C=O) groups excluding carboxylic acids is 1. The maximum Gasteiger partial charge on any atom is 0.177 e. The minimum atomic E-state index is -0.338. The summed E-state index contributed by atoms with van der Waals surface area (Å²) in [5.74, 6) is -0.340. The van der Waals surface area contributed by atoms with Crippen LogP contribution in [0.15, 0.2) is 38.6 Å². The van der Waals surface area contributed by atoms with Crippen LogP contribution < -0.4 is 0 Å². The molecule has 5 heteroatoms. The van der Waals surface area contributed by atoms with Crippen LogP contribution >= 0.6 is 43.2 Å². The molecule has 0 radical (unpaired) electrons. The van der Waals surface area contributed by atoms with Crippen LogP contribution in [-0.2, 0) is 6.42 Å². The van der Waals surface area contributed by atoms with Gasteiger partial charge in [-0.15, -0.1) is 11.3 Å². The zero-order valence-corrected chi connectivity index (χ0v) is 12.5. The normalized spacial score (nSPS) is 10.5. The van der Waals surface area contributed by atoms with Crippen molar-refractivity contribution in [3.05, 3.63) is 54.8 Å². The maximum atomic E-state index is 13.1. The molecule has 0 unspecified atom stereocenters. The van der Waals surface area contributed by atoms with E-state index in [1.165, 1.54) is 23.5 Å². The molecule has 0 atom stereocenters. The first-order valence-corrected chi connectivity index (χ1v) is 7.23. The van der Waals surface area contributed by atoms with Gasteiger partial charge in [0.2, 0.25) is 0 Å². The molecular formula is C12H7Br2FOS. The van der Waals surface area contributed by atoms with E-state index in [1.807, 2.05) is 5.38 Å². The number of benzene rings is 1. The number of Topliss-reactive ketones (excluding diaryl/α,β-unsaturated/α-hetero) is 1. The van der Waals surface area contributed by atoms with E-state index >= 15 is 0 Å². The van der Waals surface area contributed by atoms with Gasteiger partial charge in [0.15, 0.2) is 5.78 Å². The van der Waals surface area contributed by atoms with Crippen LogP contribution in [-0.4, -0.2) is 5.78 Å². The van der Waals surface area contributed by atoms with Crippen LogP contribution in [0.25, 0.3) is 0 Å². The van der Waals surface area contributed by atoms with Gasteiger partial charge in [0.25, 0.3) is 0 Å². The van der Waals surface area contributed by atoms with Crippen LogP contribution in [0.5, 0.6) is 0 Å². The summed E-state index contributed by atoms with van der Waals surface area (Å²) in [6.07, 6.45) is 0.212. The van der Waals surface area contributed by atoms with Crippen LogP contribution in [0.1, 0.15) is 15.2 Å². The van der Waals surface area contributed by atoms with E-state index in [2.05, 4.69) is 31.9 Å². The Morgan fingerprint density at radius 1 is 1.18 bits per heavy atom. The van der Waals surface area contributed by atoms with Crippen molar-refractivity contribution in [3.63, 3.8) is 0 Å². The van der Waals surface area contributed by atoms with Crippen LogP contribution in [0.3, 0.4) is 0 Å². The molecule has 0 aliphatic heterocycles. The minimum Gasteiger partial charge on any atom is -0.293 e. The summed E-state index contributed by atoms with van der Waals surface area (Å²) in [4.78, 5) is 12.6. The lowest BCUT2D eigenvalue weighted by Crippen LogP contribution is -2.01. The highest BCUT2D eigenvalue weighted by molar-refractivity contribution is 9.10. The highest BCUT2D eigenvalue weighted by atomic mass is 79.9. The second-order valence-corrected chi connectivity index (χ2v) is 6.25. The number of thiophene rings is 1. The summed E-state index contributed by atoms with van der Waals surface area (Å²) >= 11 is 7.89. The van der Waals surface area contributed by atoms with Gasteiger partial charge >= 0.3 is 0 Å². The molecule has 17 heavy (non-hydrogen) atoms. The van der Waals surface area contributed by atoms with Crippen molar-refractivity contribution < 1.29 is 9.18 Å². The van der Waals surface area contributed by atoms with E-state index in [4.69, 9.17) is 0 Å². The van der Waals surface area contributed by atoms with Crippen LogP contribution in [0.2, 0.25) is 0 Å². The standard InChI is InChI=1S/C12H7Br2FOS/c13-8-1-7(2-10(15)4-8)3-11(16)12-5-9(14)6-17-12/h1-2,4-6H,3H2. The van der Waals surface area contributed by atoms with E-state index in [9.17, 15) is 9.18 Å². The summed E-state index contributed by atoms with van der Waals surface area (Å²) in [7, 11) is 0. The molecule has 0 bridgehead atoms. The predicted octanol–water partition coefficient (Wildman–Crippen LogP) is 4.84. The van der Waals surface area contributed by atoms with Gasteiger partial charge in [-0.05, 0) is 45.8 Å². The first-order chi connectivity index (χ1) is 8.04. The maximum absolute atomic E-state index is 13.1. The highest BCUT2D eigenvalue weighted by Gasteiger charge is 2.10. The Balaban J connectivity index is 2.18. The van der Waals surface area contributed by atoms with E-state index < -0.39 is 0 Å². The average molecular weight is 378 g/mol. The monoisotopic (exact) mass is 376 g/mol. The summed E-state index contributed by atoms with van der Waals surface area (Å²) in [6.45, 7) is 0. The smallest absolute Gasteiger partial charge is 0.177 e. The fraction of sp³-hybridized carbons (Fsp3) is 0.0833. The molecule has 0 aliphatic carbocycles. The molecule has 1 aromatic carbocycles. The summed E-state index contributed by atoms with van der Waals surface area (Å²) < 4.78 is 14.7. The number of hydrogen-bond acceptors (Lipinski definition) is 2. The van der Waals surface area contributed by atoms with Crippen molar-refractivity contribution in [1.82, 2.24) is 0 Å². The molecule has 1 heterocycles. The molecule has 1 aromatic heterocycles. The fourth-order valence-electron chi connectivity index (χ4n) is 1.44. The van der Waals surface area contributed by atoms with Gasteiger partial charge in [-0.2, -0.15) is 0 Å². The molecule has 88 valence electrons. The van der Waals surface area contributed by atoms with Crippen LogP contribution in [0.4, 0.5) is 4.39 Å². The quantitative estimate of drug-likeness (QED) is 0.699. The molecule has 0 aliphatic rings. The predicted molar refractivity (Wildman–Crippen MR) is 74.2 cm³/mol. The second kappa shape index (κ2) is 5.42. The van der Waals surface area contributed by atoms with Gasteiger partial charge in [0.05, 0.1) is 4.88 Å². The topological polar surface area (TPSA) is 17.1 Å². The summed E-state index contributed by atoms with van der Waals surface area (Å²) in [5, 5.41) is 1.86. The van der Waals surface area contributed by atoms with Crippen molar-refractivity contribution in [3.8, 4) is 0 Å². The number of rotatable bonds is 3. The Morgan fingerprint density at radius 2 is 1.94 bits per heavy atom. The average Bonchev–Trinajstić information content (AvgIpc) is 2.63. The van der Waals surface area contributed by atoms with Crippen molar-refractivity contribution in [2.24, 2.45) is 0 Å². The van der Waals surface area contributed by atoms with Crippen molar-refractivity contribution in [2.75, 3.05) is 0 Å². The van der Waals surface area contributed by atoms with Gasteiger partial charge in [0, 0.05) is 20.7 Å². The minimum absolute atomic E-state index is 0.00167. The molecule has 2 rings (SSSR count). The zero-order valence-electron chi connectivity index (χ0n) is 8.54. The Hall–Kier alpha value is -0.520. The van der Waals surface area contributed by atoms with Crippen LogP contribution in [0, 0.1) is 5.82 Å². The lowest BCUT2D eigenvalue weighted by Gasteiger charge is -2.01. The third-order valence-corrected chi connectivity index (χ3v) is 4.32. The highest BCUT2D eigenvalue weighted by Crippen LogP contribution is 2.22. The first kappa shape index (κ1) is 12.9. The molecule has 0 fully saturated rings. The van der Waals surface area contributed by atoms with Gasteiger partial charge in [0.1, 0.15) is 5.82 Å². The second-order valence-electron chi connectivity index (χ2n) is 3.51. The summed E-state index contributed by atoms with van der Waals surface area (Å²) in [6, 6.07) is 6.28. The molecule has 0 saturated carbocycles. The lowest BCUT2D eigenvalue weighted by molar-refractivity contribution is 0.0997. The van der Waals surface area contributed by atoms with Gasteiger partial charge < -0.3 is 0 Å². The molecule has 0 N–H and O–H groups in total. The molecule has 1 nitrogen and oxygen atoms in total. The lowest BCUT2D eigenvalue weighted by atomic mass is 10.1. The molecule has 0 saturated heterocycles. The number of carbonyl (C=O) groups is 1. The van der Waals surface area contributed by atoms with Gasteiger partial charge in [-0.3, -0.25) is 4.79 Å². The zero-order chi connectivity index (χ0) is 12.4.